The number of anilines is 2. The van der Waals surface area contributed by atoms with Crippen LogP contribution < -0.4 is 10.6 Å². The van der Waals surface area contributed by atoms with E-state index in [2.05, 4.69) is 43.4 Å². The predicted molar refractivity (Wildman–Crippen MR) is 132 cm³/mol. The molecule has 0 saturated carbocycles. The summed E-state index contributed by atoms with van der Waals surface area (Å²) in [5.74, 6) is 0.515. The molecule has 1 heterocycles. The first-order chi connectivity index (χ1) is 14.9. The third kappa shape index (κ3) is 6.30. The van der Waals surface area contributed by atoms with Gasteiger partial charge in [0.15, 0.2) is 5.16 Å². The Hall–Kier alpha value is -2.40. The zero-order valence-electron chi connectivity index (χ0n) is 17.6. The molecule has 2 aromatic carbocycles. The summed E-state index contributed by atoms with van der Waals surface area (Å²) in [5, 5.41) is 14.8. The van der Waals surface area contributed by atoms with E-state index in [0.717, 1.165) is 26.1 Å². The van der Waals surface area contributed by atoms with Crippen molar-refractivity contribution < 1.29 is 9.59 Å². The number of amides is 2. The maximum atomic E-state index is 12.5. The van der Waals surface area contributed by atoms with Gasteiger partial charge in [0.1, 0.15) is 5.82 Å². The number of nitrogens with one attached hydrogen (secondary N) is 2. The Balaban J connectivity index is 1.60. The Labute approximate surface area is 199 Å². The maximum Gasteiger partial charge on any atom is 0.234 e. The normalized spacial score (nSPS) is 10.7. The third-order valence-corrected chi connectivity index (χ3v) is 6.17. The number of hydrogen-bond donors (Lipinski definition) is 2. The molecule has 2 amide bonds. The summed E-state index contributed by atoms with van der Waals surface area (Å²) in [6.45, 7) is 6.54. The van der Waals surface area contributed by atoms with Gasteiger partial charge in [-0.2, -0.15) is 0 Å². The van der Waals surface area contributed by atoms with Crippen LogP contribution in [0.3, 0.4) is 0 Å². The lowest BCUT2D eigenvalue weighted by Crippen LogP contribution is -2.18. The predicted octanol–water partition coefficient (Wildman–Crippen LogP) is 4.43. The fourth-order valence-corrected chi connectivity index (χ4v) is 4.91. The Morgan fingerprint density at radius 1 is 1.03 bits per heavy atom. The molecule has 1 aromatic heterocycles. The van der Waals surface area contributed by atoms with Crippen molar-refractivity contribution >= 4 is 57.5 Å². The molecular weight excluding hydrogens is 525 g/mol. The molecule has 0 aliphatic carbocycles. The van der Waals surface area contributed by atoms with Gasteiger partial charge in [0, 0.05) is 21.5 Å². The average molecular weight is 549 g/mol. The molecule has 3 rings (SSSR count). The number of benzene rings is 2. The van der Waals surface area contributed by atoms with E-state index in [1.165, 1.54) is 11.8 Å². The maximum absolute atomic E-state index is 12.5. The van der Waals surface area contributed by atoms with E-state index < -0.39 is 0 Å². The number of nitrogens with zero attached hydrogens (tertiary/aromatic N) is 3. The SMILES string of the molecule is CCn1c(CC(=O)Nc2ccccc2)nnc1SCC(=O)Nc1c(C)cc(I)cc1C. The highest BCUT2D eigenvalue weighted by atomic mass is 127. The molecule has 7 nitrogen and oxygen atoms in total. The van der Waals surface area contributed by atoms with E-state index in [9.17, 15) is 9.59 Å². The minimum absolute atomic E-state index is 0.105. The Kier molecular flexibility index (Phi) is 8.08. The van der Waals surface area contributed by atoms with E-state index >= 15 is 0 Å². The van der Waals surface area contributed by atoms with Crippen LogP contribution in [0.4, 0.5) is 11.4 Å². The fourth-order valence-electron chi connectivity index (χ4n) is 3.16. The first-order valence-corrected chi connectivity index (χ1v) is 11.9. The summed E-state index contributed by atoms with van der Waals surface area (Å²) in [4.78, 5) is 24.9. The second-order valence-corrected chi connectivity index (χ2v) is 9.17. The van der Waals surface area contributed by atoms with Crippen LogP contribution in [0.15, 0.2) is 47.6 Å². The number of carbonyl (C=O) groups excluding carboxylic acids is 2. The first-order valence-electron chi connectivity index (χ1n) is 9.83. The highest BCUT2D eigenvalue weighted by Crippen LogP contribution is 2.24. The van der Waals surface area contributed by atoms with E-state index in [1.54, 1.807) is 0 Å². The topological polar surface area (TPSA) is 88.9 Å². The summed E-state index contributed by atoms with van der Waals surface area (Å²) in [6.07, 6.45) is 0.115. The Morgan fingerprint density at radius 3 is 2.35 bits per heavy atom. The molecule has 9 heteroatoms. The number of para-hydroxylation sites is 1. The van der Waals surface area contributed by atoms with Gasteiger partial charge >= 0.3 is 0 Å². The van der Waals surface area contributed by atoms with E-state index in [-0.39, 0.29) is 24.0 Å². The Bertz CT molecular complexity index is 1060. The molecule has 0 saturated heterocycles. The zero-order valence-corrected chi connectivity index (χ0v) is 20.6. The molecule has 162 valence electrons. The lowest BCUT2D eigenvalue weighted by Gasteiger charge is -2.12. The van der Waals surface area contributed by atoms with Crippen LogP contribution in [-0.4, -0.2) is 32.3 Å². The number of carbonyl (C=O) groups is 2. The van der Waals surface area contributed by atoms with Gasteiger partial charge in [0.2, 0.25) is 11.8 Å². The van der Waals surface area contributed by atoms with Crippen molar-refractivity contribution in [2.75, 3.05) is 16.4 Å². The molecular formula is C22H24IN5O2S. The van der Waals surface area contributed by atoms with Gasteiger partial charge in [-0.3, -0.25) is 9.59 Å². The molecule has 0 atom stereocenters. The zero-order chi connectivity index (χ0) is 22.4. The highest BCUT2D eigenvalue weighted by Gasteiger charge is 2.17. The van der Waals surface area contributed by atoms with Crippen LogP contribution in [0.5, 0.6) is 0 Å². The second-order valence-electron chi connectivity index (χ2n) is 6.99. The second kappa shape index (κ2) is 10.8. The van der Waals surface area contributed by atoms with Crippen molar-refractivity contribution in [2.45, 2.75) is 38.9 Å². The Morgan fingerprint density at radius 2 is 1.71 bits per heavy atom. The molecule has 0 aliphatic heterocycles. The molecule has 0 aliphatic rings. The lowest BCUT2D eigenvalue weighted by atomic mass is 10.1. The van der Waals surface area contributed by atoms with Crippen LogP contribution in [0, 0.1) is 17.4 Å². The quantitative estimate of drug-likeness (QED) is 0.321. The minimum Gasteiger partial charge on any atom is -0.326 e. The van der Waals surface area contributed by atoms with E-state index in [4.69, 9.17) is 0 Å². The number of thioether (sulfide) groups is 1. The van der Waals surface area contributed by atoms with Gasteiger partial charge < -0.3 is 15.2 Å². The largest absolute Gasteiger partial charge is 0.326 e. The highest BCUT2D eigenvalue weighted by molar-refractivity contribution is 14.1. The summed E-state index contributed by atoms with van der Waals surface area (Å²) >= 11 is 3.58. The molecule has 0 fully saturated rings. The van der Waals surface area contributed by atoms with Crippen molar-refractivity contribution in [3.8, 4) is 0 Å². The molecule has 0 bridgehead atoms. The van der Waals surface area contributed by atoms with Gasteiger partial charge in [0.05, 0.1) is 12.2 Å². The van der Waals surface area contributed by atoms with Crippen molar-refractivity contribution in [2.24, 2.45) is 0 Å². The van der Waals surface area contributed by atoms with Gasteiger partial charge in [-0.1, -0.05) is 30.0 Å². The van der Waals surface area contributed by atoms with Crippen LogP contribution in [0.2, 0.25) is 0 Å². The number of aryl methyl sites for hydroxylation is 2. The van der Waals surface area contributed by atoms with Crippen molar-refractivity contribution in [1.29, 1.82) is 0 Å². The van der Waals surface area contributed by atoms with Crippen LogP contribution in [-0.2, 0) is 22.6 Å². The summed E-state index contributed by atoms with van der Waals surface area (Å²) in [5.41, 5.74) is 3.65. The van der Waals surface area contributed by atoms with Crippen molar-refractivity contribution in [1.82, 2.24) is 14.8 Å². The van der Waals surface area contributed by atoms with Gasteiger partial charge in [-0.15, -0.1) is 10.2 Å². The molecule has 31 heavy (non-hydrogen) atoms. The number of halogens is 1. The monoisotopic (exact) mass is 549 g/mol. The average Bonchev–Trinajstić information content (AvgIpc) is 3.11. The molecule has 3 aromatic rings. The van der Waals surface area contributed by atoms with E-state index in [0.29, 0.717) is 17.5 Å². The van der Waals surface area contributed by atoms with E-state index in [1.807, 2.05) is 67.8 Å². The molecule has 0 unspecified atom stereocenters. The number of hydrogen-bond acceptors (Lipinski definition) is 5. The molecule has 0 radical (unpaired) electrons. The number of aromatic nitrogens is 3. The van der Waals surface area contributed by atoms with Crippen molar-refractivity contribution in [3.05, 3.63) is 63.0 Å². The summed E-state index contributed by atoms with van der Waals surface area (Å²) in [7, 11) is 0. The third-order valence-electron chi connectivity index (χ3n) is 4.58. The van der Waals surface area contributed by atoms with Gasteiger partial charge in [0.25, 0.3) is 0 Å². The minimum atomic E-state index is -0.160. The molecule has 0 spiro atoms. The van der Waals surface area contributed by atoms with Crippen LogP contribution in [0.1, 0.15) is 23.9 Å². The summed E-state index contributed by atoms with van der Waals surface area (Å²) in [6, 6.07) is 13.4. The standard InChI is InChI=1S/C22H24IN5O2S/c1-4-28-18(12-19(29)24-17-8-6-5-7-9-17)26-27-22(28)31-13-20(30)25-21-14(2)10-16(23)11-15(21)3/h5-11H,4,12-13H2,1-3H3,(H,24,29)(H,25,30). The van der Waals surface area contributed by atoms with Gasteiger partial charge in [-0.25, -0.2) is 0 Å². The summed E-state index contributed by atoms with van der Waals surface area (Å²) < 4.78 is 3.00. The number of rotatable bonds is 8. The van der Waals surface area contributed by atoms with Crippen LogP contribution >= 0.6 is 34.4 Å². The van der Waals surface area contributed by atoms with Crippen LogP contribution in [0.25, 0.3) is 0 Å². The molecule has 2 N–H and O–H groups in total. The lowest BCUT2D eigenvalue weighted by molar-refractivity contribution is -0.116. The fraction of sp³-hybridized carbons (Fsp3) is 0.273. The first kappa shape index (κ1) is 23.3. The van der Waals surface area contributed by atoms with Gasteiger partial charge in [-0.05, 0) is 78.8 Å². The smallest absolute Gasteiger partial charge is 0.234 e. The van der Waals surface area contributed by atoms with Crippen molar-refractivity contribution in [3.63, 3.8) is 0 Å².